The van der Waals surface area contributed by atoms with Gasteiger partial charge in [0.25, 0.3) is 0 Å². The molecule has 0 unspecified atom stereocenters. The molecule has 0 heterocycles. The first-order chi connectivity index (χ1) is 14.0. The van der Waals surface area contributed by atoms with Gasteiger partial charge in [-0.1, -0.05) is 91.0 Å². The van der Waals surface area contributed by atoms with E-state index >= 15 is 0 Å². The average molecular weight is 389 g/mol. The van der Waals surface area contributed by atoms with Crippen LogP contribution in [0.5, 0.6) is 0 Å². The molecule has 1 atom stereocenters. The number of hydrogen-bond acceptors (Lipinski definition) is 4. The molecule has 0 bridgehead atoms. The number of ether oxygens (including phenoxy) is 1. The van der Waals surface area contributed by atoms with Crippen LogP contribution in [0.1, 0.15) is 23.6 Å². The standard InChI is InChI=1S/C24H23NO4/c1-19(25(27)28)17-23(26)18-29-24(20-11-5-2-6-12-20,21-13-7-3-8-14-21)22-15-9-4-10-16-22/h2-17,23,26H,18H2,1H3/b19-17+/t23-/m0/s1. The maximum absolute atomic E-state index is 10.9. The molecule has 5 nitrogen and oxygen atoms in total. The molecule has 0 aliphatic heterocycles. The first-order valence-electron chi connectivity index (χ1n) is 9.35. The fourth-order valence-corrected chi connectivity index (χ4v) is 3.37. The van der Waals surface area contributed by atoms with Gasteiger partial charge in [-0.15, -0.1) is 0 Å². The van der Waals surface area contributed by atoms with Crippen molar-refractivity contribution in [3.8, 4) is 0 Å². The van der Waals surface area contributed by atoms with Crippen LogP contribution in [-0.4, -0.2) is 22.7 Å². The number of nitrogens with zero attached hydrogens (tertiary/aromatic N) is 1. The summed E-state index contributed by atoms with van der Waals surface area (Å²) in [4.78, 5) is 10.4. The second-order valence-electron chi connectivity index (χ2n) is 6.72. The van der Waals surface area contributed by atoms with Gasteiger partial charge in [0, 0.05) is 13.0 Å². The monoisotopic (exact) mass is 389 g/mol. The maximum atomic E-state index is 10.9. The SMILES string of the molecule is C/C(=C\[C@H](O)COC(c1ccccc1)(c1ccccc1)c1ccccc1)[N+](=O)[O-]. The van der Waals surface area contributed by atoms with Crippen LogP contribution >= 0.6 is 0 Å². The average Bonchev–Trinajstić information content (AvgIpc) is 2.76. The zero-order valence-corrected chi connectivity index (χ0v) is 16.1. The van der Waals surface area contributed by atoms with Crippen molar-refractivity contribution < 1.29 is 14.8 Å². The minimum Gasteiger partial charge on any atom is -0.386 e. The molecular formula is C24H23NO4. The van der Waals surface area contributed by atoms with Gasteiger partial charge in [0.2, 0.25) is 5.70 Å². The van der Waals surface area contributed by atoms with Crippen LogP contribution in [0.2, 0.25) is 0 Å². The minimum absolute atomic E-state index is 0.107. The number of allylic oxidation sites excluding steroid dienone is 1. The summed E-state index contributed by atoms with van der Waals surface area (Å²) >= 11 is 0. The van der Waals surface area contributed by atoms with Crippen LogP contribution in [0.25, 0.3) is 0 Å². The second kappa shape index (κ2) is 9.28. The highest BCUT2D eigenvalue weighted by molar-refractivity contribution is 5.47. The van der Waals surface area contributed by atoms with E-state index in [1.807, 2.05) is 91.0 Å². The Morgan fingerprint density at radius 2 is 1.31 bits per heavy atom. The summed E-state index contributed by atoms with van der Waals surface area (Å²) in [5.41, 5.74) is 1.62. The molecule has 3 rings (SSSR count). The van der Waals surface area contributed by atoms with Gasteiger partial charge in [0.15, 0.2) is 0 Å². The first kappa shape index (κ1) is 20.5. The lowest BCUT2D eigenvalue weighted by Crippen LogP contribution is -2.35. The second-order valence-corrected chi connectivity index (χ2v) is 6.72. The van der Waals surface area contributed by atoms with Crippen molar-refractivity contribution >= 4 is 0 Å². The molecule has 3 aromatic rings. The van der Waals surface area contributed by atoms with Crippen molar-refractivity contribution in [2.45, 2.75) is 18.6 Å². The third-order valence-electron chi connectivity index (χ3n) is 4.73. The van der Waals surface area contributed by atoms with E-state index < -0.39 is 16.6 Å². The highest BCUT2D eigenvalue weighted by atomic mass is 16.6. The molecule has 29 heavy (non-hydrogen) atoms. The zero-order chi connectivity index (χ0) is 20.7. The molecule has 1 N–H and O–H groups in total. The number of aliphatic hydroxyl groups excluding tert-OH is 1. The van der Waals surface area contributed by atoms with E-state index in [0.717, 1.165) is 16.7 Å². The summed E-state index contributed by atoms with van der Waals surface area (Å²) in [6.45, 7) is 1.24. The van der Waals surface area contributed by atoms with Crippen LogP contribution in [0.4, 0.5) is 0 Å². The van der Waals surface area contributed by atoms with Gasteiger partial charge in [-0.05, 0) is 16.7 Å². The Kier molecular flexibility index (Phi) is 6.54. The van der Waals surface area contributed by atoms with Crippen molar-refractivity contribution in [1.82, 2.24) is 0 Å². The molecule has 5 heteroatoms. The van der Waals surface area contributed by atoms with E-state index in [-0.39, 0.29) is 12.3 Å². The molecule has 148 valence electrons. The van der Waals surface area contributed by atoms with Crippen molar-refractivity contribution in [3.63, 3.8) is 0 Å². The Morgan fingerprint density at radius 1 is 0.931 bits per heavy atom. The van der Waals surface area contributed by atoms with E-state index in [9.17, 15) is 15.2 Å². The quantitative estimate of drug-likeness (QED) is 0.349. The lowest BCUT2D eigenvalue weighted by molar-refractivity contribution is -0.425. The molecule has 0 saturated carbocycles. The smallest absolute Gasteiger partial charge is 0.241 e. The third-order valence-corrected chi connectivity index (χ3v) is 4.73. The van der Waals surface area contributed by atoms with Gasteiger partial charge >= 0.3 is 0 Å². The molecule has 0 amide bonds. The summed E-state index contributed by atoms with van der Waals surface area (Å²) in [5.74, 6) is 0. The number of hydrogen-bond donors (Lipinski definition) is 1. The fourth-order valence-electron chi connectivity index (χ4n) is 3.37. The number of benzene rings is 3. The van der Waals surface area contributed by atoms with Gasteiger partial charge in [-0.3, -0.25) is 10.1 Å². The van der Waals surface area contributed by atoms with Crippen molar-refractivity contribution in [1.29, 1.82) is 0 Å². The fraction of sp³-hybridized carbons (Fsp3) is 0.167. The Bertz CT molecular complexity index is 859. The topological polar surface area (TPSA) is 72.6 Å². The first-order valence-corrected chi connectivity index (χ1v) is 9.35. The van der Waals surface area contributed by atoms with Gasteiger partial charge < -0.3 is 9.84 Å². The lowest BCUT2D eigenvalue weighted by Gasteiger charge is -2.36. The van der Waals surface area contributed by atoms with E-state index in [1.165, 1.54) is 13.0 Å². The Morgan fingerprint density at radius 3 is 1.66 bits per heavy atom. The number of rotatable bonds is 8. The van der Waals surface area contributed by atoms with Crippen LogP contribution < -0.4 is 0 Å². The highest BCUT2D eigenvalue weighted by Crippen LogP contribution is 2.40. The van der Waals surface area contributed by atoms with Crippen LogP contribution in [-0.2, 0) is 10.3 Å². The number of nitro groups is 1. The largest absolute Gasteiger partial charge is 0.386 e. The molecule has 0 saturated heterocycles. The van der Waals surface area contributed by atoms with Crippen LogP contribution in [0.15, 0.2) is 103 Å². The molecule has 0 fully saturated rings. The highest BCUT2D eigenvalue weighted by Gasteiger charge is 2.37. The van der Waals surface area contributed by atoms with Gasteiger partial charge in [-0.2, -0.15) is 0 Å². The van der Waals surface area contributed by atoms with E-state index in [4.69, 9.17) is 4.74 Å². The molecule has 0 spiro atoms. The molecule has 3 aromatic carbocycles. The van der Waals surface area contributed by atoms with E-state index in [0.29, 0.717) is 0 Å². The summed E-state index contributed by atoms with van der Waals surface area (Å²) in [6.07, 6.45) is 0.0852. The number of aliphatic hydroxyl groups is 1. The van der Waals surface area contributed by atoms with Crippen molar-refractivity contribution in [2.24, 2.45) is 0 Å². The Balaban J connectivity index is 2.10. The van der Waals surface area contributed by atoms with Gasteiger partial charge in [0.05, 0.1) is 11.5 Å². The normalized spacial score (nSPS) is 13.1. The summed E-state index contributed by atoms with van der Waals surface area (Å²) in [7, 11) is 0. The van der Waals surface area contributed by atoms with E-state index in [1.54, 1.807) is 0 Å². The maximum Gasteiger partial charge on any atom is 0.241 e. The van der Waals surface area contributed by atoms with Crippen molar-refractivity contribution in [3.05, 3.63) is 130 Å². The van der Waals surface area contributed by atoms with Crippen LogP contribution in [0, 0.1) is 10.1 Å². The zero-order valence-electron chi connectivity index (χ0n) is 16.1. The summed E-state index contributed by atoms with van der Waals surface area (Å²) in [5, 5.41) is 21.3. The van der Waals surface area contributed by atoms with Crippen molar-refractivity contribution in [2.75, 3.05) is 6.61 Å². The lowest BCUT2D eigenvalue weighted by atomic mass is 9.80. The molecular weight excluding hydrogens is 366 g/mol. The summed E-state index contributed by atoms with van der Waals surface area (Å²) < 4.78 is 6.41. The minimum atomic E-state index is -1.11. The van der Waals surface area contributed by atoms with Gasteiger partial charge in [-0.25, -0.2) is 0 Å². The molecule has 0 aliphatic carbocycles. The predicted octanol–water partition coefficient (Wildman–Crippen LogP) is 4.54. The Hall–Kier alpha value is -3.28. The summed E-state index contributed by atoms with van der Waals surface area (Å²) in [6, 6.07) is 29.3. The van der Waals surface area contributed by atoms with Gasteiger partial charge in [0.1, 0.15) is 11.7 Å². The molecule has 0 aliphatic rings. The molecule has 0 aromatic heterocycles. The molecule has 0 radical (unpaired) electrons. The predicted molar refractivity (Wildman–Crippen MR) is 112 cm³/mol. The third kappa shape index (κ3) is 4.59. The van der Waals surface area contributed by atoms with E-state index in [2.05, 4.69) is 0 Å². The Labute approximate surface area is 170 Å². The van der Waals surface area contributed by atoms with Crippen LogP contribution in [0.3, 0.4) is 0 Å².